The Balaban J connectivity index is 2.14. The molecule has 2 aromatic heterocycles. The predicted molar refractivity (Wildman–Crippen MR) is 89.3 cm³/mol. The number of para-hydroxylation sites is 1. The number of hydrazone groups is 1. The van der Waals surface area contributed by atoms with Crippen molar-refractivity contribution in [2.45, 2.75) is 0 Å². The Bertz CT molecular complexity index is 869. The first-order chi connectivity index (χ1) is 10.6. The van der Waals surface area contributed by atoms with E-state index in [1.807, 2.05) is 41.9 Å². The van der Waals surface area contributed by atoms with Crippen LogP contribution in [0.2, 0.25) is 0 Å². The SMILES string of the molecule is Cn1cnnc1-c1cc(/C=N/NC(N)=S)c2ccccc2n1. The lowest BCUT2D eigenvalue weighted by Gasteiger charge is -2.06. The van der Waals surface area contributed by atoms with Gasteiger partial charge in [0.2, 0.25) is 0 Å². The van der Waals surface area contributed by atoms with E-state index in [0.29, 0.717) is 5.82 Å². The second-order valence-corrected chi connectivity index (χ2v) is 5.05. The van der Waals surface area contributed by atoms with E-state index in [1.54, 1.807) is 12.5 Å². The minimum Gasteiger partial charge on any atom is -0.375 e. The summed E-state index contributed by atoms with van der Waals surface area (Å²) in [5.74, 6) is 0.683. The molecule has 0 unspecified atom stereocenters. The van der Waals surface area contributed by atoms with Crippen LogP contribution in [0, 0.1) is 0 Å². The molecule has 0 atom stereocenters. The van der Waals surface area contributed by atoms with Gasteiger partial charge in [-0.2, -0.15) is 5.10 Å². The first-order valence-electron chi connectivity index (χ1n) is 6.48. The minimum absolute atomic E-state index is 0.114. The Morgan fingerprint density at radius 1 is 1.41 bits per heavy atom. The molecule has 0 radical (unpaired) electrons. The summed E-state index contributed by atoms with van der Waals surface area (Å²) >= 11 is 4.73. The van der Waals surface area contributed by atoms with Crippen LogP contribution < -0.4 is 11.2 Å². The molecule has 1 aromatic carbocycles. The molecule has 0 aliphatic rings. The number of pyridine rings is 1. The number of nitrogens with zero attached hydrogens (tertiary/aromatic N) is 5. The number of aryl methyl sites for hydroxylation is 1. The molecule has 3 rings (SSSR count). The zero-order chi connectivity index (χ0) is 15.5. The number of rotatable bonds is 3. The van der Waals surface area contributed by atoms with E-state index < -0.39 is 0 Å². The molecule has 0 aliphatic heterocycles. The average molecular weight is 311 g/mol. The van der Waals surface area contributed by atoms with Crippen LogP contribution >= 0.6 is 12.2 Å². The number of hydrogen-bond donors (Lipinski definition) is 2. The normalized spacial score (nSPS) is 11.1. The van der Waals surface area contributed by atoms with Crippen LogP contribution in [0.15, 0.2) is 41.8 Å². The molecule has 0 bridgehead atoms. The topological polar surface area (TPSA) is 94.0 Å². The van der Waals surface area contributed by atoms with E-state index in [0.717, 1.165) is 22.2 Å². The number of aromatic nitrogens is 4. The fourth-order valence-corrected chi connectivity index (χ4v) is 2.16. The van der Waals surface area contributed by atoms with Crippen molar-refractivity contribution in [2.75, 3.05) is 0 Å². The summed E-state index contributed by atoms with van der Waals surface area (Å²) < 4.78 is 1.81. The molecular weight excluding hydrogens is 298 g/mol. The van der Waals surface area contributed by atoms with Gasteiger partial charge in [-0.05, 0) is 24.4 Å². The second kappa shape index (κ2) is 5.86. The van der Waals surface area contributed by atoms with E-state index in [2.05, 4.69) is 25.7 Å². The number of hydrogen-bond acceptors (Lipinski definition) is 5. The lowest BCUT2D eigenvalue weighted by molar-refractivity contribution is 0.915. The van der Waals surface area contributed by atoms with E-state index in [4.69, 9.17) is 18.0 Å². The molecule has 110 valence electrons. The summed E-state index contributed by atoms with van der Waals surface area (Å²) in [5.41, 5.74) is 10.4. The second-order valence-electron chi connectivity index (χ2n) is 4.61. The van der Waals surface area contributed by atoms with Gasteiger partial charge in [0.1, 0.15) is 12.0 Å². The molecule has 0 fully saturated rings. The maximum atomic E-state index is 5.37. The fraction of sp³-hybridized carbons (Fsp3) is 0.0714. The third kappa shape index (κ3) is 2.77. The van der Waals surface area contributed by atoms with Gasteiger partial charge in [-0.1, -0.05) is 18.2 Å². The van der Waals surface area contributed by atoms with Crippen molar-refractivity contribution in [1.29, 1.82) is 0 Å². The molecule has 0 aliphatic carbocycles. The zero-order valence-corrected chi connectivity index (χ0v) is 12.6. The summed E-state index contributed by atoms with van der Waals surface area (Å²) in [6.07, 6.45) is 3.29. The zero-order valence-electron chi connectivity index (χ0n) is 11.8. The first-order valence-corrected chi connectivity index (χ1v) is 6.88. The maximum Gasteiger partial charge on any atom is 0.184 e. The molecule has 3 aromatic rings. The molecule has 2 heterocycles. The summed E-state index contributed by atoms with van der Waals surface area (Å²) in [7, 11) is 1.87. The lowest BCUT2D eigenvalue weighted by Crippen LogP contribution is -2.24. The highest BCUT2D eigenvalue weighted by atomic mass is 32.1. The number of nitrogens with one attached hydrogen (secondary N) is 1. The molecule has 22 heavy (non-hydrogen) atoms. The lowest BCUT2D eigenvalue weighted by atomic mass is 10.1. The highest BCUT2D eigenvalue weighted by molar-refractivity contribution is 7.80. The third-order valence-electron chi connectivity index (χ3n) is 3.07. The van der Waals surface area contributed by atoms with Gasteiger partial charge in [-0.15, -0.1) is 10.2 Å². The van der Waals surface area contributed by atoms with E-state index in [-0.39, 0.29) is 5.11 Å². The molecule has 8 heteroatoms. The largest absolute Gasteiger partial charge is 0.375 e. The van der Waals surface area contributed by atoms with Gasteiger partial charge in [0, 0.05) is 18.0 Å². The number of fused-ring (bicyclic) bond motifs is 1. The molecule has 3 N–H and O–H groups in total. The monoisotopic (exact) mass is 311 g/mol. The Kier molecular flexibility index (Phi) is 3.75. The molecule has 0 saturated carbocycles. The van der Waals surface area contributed by atoms with Crippen LogP contribution in [0.3, 0.4) is 0 Å². The first kappa shape index (κ1) is 14.1. The van der Waals surface area contributed by atoms with Gasteiger partial charge in [-0.3, -0.25) is 5.43 Å². The third-order valence-corrected chi connectivity index (χ3v) is 3.16. The average Bonchev–Trinajstić information content (AvgIpc) is 2.93. The number of nitrogens with two attached hydrogens (primary N) is 1. The van der Waals surface area contributed by atoms with Gasteiger partial charge in [0.25, 0.3) is 0 Å². The van der Waals surface area contributed by atoms with Crippen LogP contribution in [-0.2, 0) is 7.05 Å². The van der Waals surface area contributed by atoms with Crippen molar-refractivity contribution in [3.05, 3.63) is 42.2 Å². The van der Waals surface area contributed by atoms with Crippen LogP contribution in [-0.4, -0.2) is 31.1 Å². The van der Waals surface area contributed by atoms with Crippen molar-refractivity contribution in [3.63, 3.8) is 0 Å². The predicted octanol–water partition coefficient (Wildman–Crippen LogP) is 1.20. The van der Waals surface area contributed by atoms with Crippen LogP contribution in [0.1, 0.15) is 5.56 Å². The number of benzene rings is 1. The van der Waals surface area contributed by atoms with Gasteiger partial charge in [-0.25, -0.2) is 4.98 Å². The molecule has 0 spiro atoms. The van der Waals surface area contributed by atoms with E-state index >= 15 is 0 Å². The van der Waals surface area contributed by atoms with Crippen molar-refractivity contribution in [1.82, 2.24) is 25.2 Å². The molecule has 7 nitrogen and oxygen atoms in total. The van der Waals surface area contributed by atoms with Crippen molar-refractivity contribution in [3.8, 4) is 11.5 Å². The Morgan fingerprint density at radius 2 is 2.23 bits per heavy atom. The summed E-state index contributed by atoms with van der Waals surface area (Å²) in [6, 6.07) is 9.70. The molecule has 0 saturated heterocycles. The fourth-order valence-electron chi connectivity index (χ4n) is 2.10. The van der Waals surface area contributed by atoms with Crippen molar-refractivity contribution in [2.24, 2.45) is 17.9 Å². The van der Waals surface area contributed by atoms with Gasteiger partial charge in [0.05, 0.1) is 11.7 Å². The van der Waals surface area contributed by atoms with Crippen molar-refractivity contribution < 1.29 is 0 Å². The van der Waals surface area contributed by atoms with Gasteiger partial charge >= 0.3 is 0 Å². The molecular formula is C14H13N7S. The maximum absolute atomic E-state index is 5.37. The van der Waals surface area contributed by atoms with Crippen LogP contribution in [0.5, 0.6) is 0 Å². The quantitative estimate of drug-likeness (QED) is 0.429. The van der Waals surface area contributed by atoms with E-state index in [9.17, 15) is 0 Å². The summed E-state index contributed by atoms with van der Waals surface area (Å²) in [5, 5.41) is 13.1. The Morgan fingerprint density at radius 3 is 2.95 bits per heavy atom. The number of thiocarbonyl (C=S) groups is 1. The van der Waals surface area contributed by atoms with E-state index in [1.165, 1.54) is 0 Å². The Hall–Kier alpha value is -2.87. The van der Waals surface area contributed by atoms with Crippen molar-refractivity contribution >= 4 is 34.4 Å². The standard InChI is InChI=1S/C14H13N7S/c1-21-8-17-19-13(21)12-6-9(7-16-20-14(15)22)10-4-2-3-5-11(10)18-12/h2-8H,1H3,(H3,15,20,22)/b16-7+. The van der Waals surface area contributed by atoms with Gasteiger partial charge < -0.3 is 10.3 Å². The van der Waals surface area contributed by atoms with Crippen LogP contribution in [0.25, 0.3) is 22.4 Å². The Labute approximate surface area is 131 Å². The highest BCUT2D eigenvalue weighted by Gasteiger charge is 2.10. The minimum atomic E-state index is 0.114. The molecule has 0 amide bonds. The highest BCUT2D eigenvalue weighted by Crippen LogP contribution is 2.22. The van der Waals surface area contributed by atoms with Crippen LogP contribution in [0.4, 0.5) is 0 Å². The van der Waals surface area contributed by atoms with Gasteiger partial charge in [0.15, 0.2) is 10.9 Å². The summed E-state index contributed by atoms with van der Waals surface area (Å²) in [4.78, 5) is 4.63. The summed E-state index contributed by atoms with van der Waals surface area (Å²) in [6.45, 7) is 0. The smallest absolute Gasteiger partial charge is 0.184 e.